The first kappa shape index (κ1) is 18.5. The molecule has 0 saturated carbocycles. The second-order valence-corrected chi connectivity index (χ2v) is 6.57. The van der Waals surface area contributed by atoms with E-state index in [0.717, 1.165) is 5.56 Å². The molecule has 1 aliphatic rings. The Labute approximate surface area is 168 Å². The van der Waals surface area contributed by atoms with Gasteiger partial charge in [-0.2, -0.15) is 10.1 Å². The van der Waals surface area contributed by atoms with Gasteiger partial charge in [-0.25, -0.2) is 4.68 Å². The Morgan fingerprint density at radius 1 is 1.17 bits per heavy atom. The van der Waals surface area contributed by atoms with Gasteiger partial charge in [0.05, 0.1) is 25.9 Å². The number of methoxy groups -OCH3 is 2. The van der Waals surface area contributed by atoms with Crippen LogP contribution in [-0.2, 0) is 4.79 Å². The minimum absolute atomic E-state index is 0.235. The zero-order valence-electron chi connectivity index (χ0n) is 16.1. The van der Waals surface area contributed by atoms with Crippen molar-refractivity contribution in [1.82, 2.24) is 14.8 Å². The SMILES string of the molecule is C=C1Nc2ncnn2[C@H](c2ccccc2)[C@H]1C(=O)Nc1ccc(OC)cc1OC. The van der Waals surface area contributed by atoms with E-state index in [9.17, 15) is 4.79 Å². The number of aromatic nitrogens is 3. The highest BCUT2D eigenvalue weighted by atomic mass is 16.5. The van der Waals surface area contributed by atoms with Crippen LogP contribution in [0, 0.1) is 5.92 Å². The Hall–Kier alpha value is -3.81. The van der Waals surface area contributed by atoms with Crippen molar-refractivity contribution >= 4 is 17.5 Å². The number of amides is 1. The number of fused-ring (bicyclic) bond motifs is 1. The molecule has 2 N–H and O–H groups in total. The van der Waals surface area contributed by atoms with Gasteiger partial charge in [0.25, 0.3) is 0 Å². The lowest BCUT2D eigenvalue weighted by molar-refractivity contribution is -0.119. The van der Waals surface area contributed by atoms with Crippen LogP contribution in [0.4, 0.5) is 11.6 Å². The Morgan fingerprint density at radius 2 is 1.97 bits per heavy atom. The predicted molar refractivity (Wildman–Crippen MR) is 109 cm³/mol. The van der Waals surface area contributed by atoms with E-state index in [0.29, 0.717) is 28.8 Å². The first-order chi connectivity index (χ1) is 14.1. The molecule has 8 heteroatoms. The van der Waals surface area contributed by atoms with Crippen molar-refractivity contribution < 1.29 is 14.3 Å². The third-order valence-electron chi connectivity index (χ3n) is 4.89. The molecule has 1 aliphatic heterocycles. The van der Waals surface area contributed by atoms with Gasteiger partial charge < -0.3 is 20.1 Å². The molecule has 29 heavy (non-hydrogen) atoms. The third kappa shape index (κ3) is 3.40. The molecule has 0 saturated heterocycles. The number of carbonyl (C=O) groups is 1. The van der Waals surface area contributed by atoms with Gasteiger partial charge in [-0.3, -0.25) is 4.79 Å². The minimum Gasteiger partial charge on any atom is -0.497 e. The Balaban J connectivity index is 1.70. The predicted octanol–water partition coefficient (Wildman–Crippen LogP) is 3.08. The zero-order valence-corrected chi connectivity index (χ0v) is 16.1. The van der Waals surface area contributed by atoms with Gasteiger partial charge >= 0.3 is 0 Å². The van der Waals surface area contributed by atoms with Gasteiger partial charge in [-0.15, -0.1) is 0 Å². The van der Waals surface area contributed by atoms with E-state index in [1.54, 1.807) is 37.1 Å². The summed E-state index contributed by atoms with van der Waals surface area (Å²) in [6.07, 6.45) is 1.46. The van der Waals surface area contributed by atoms with E-state index < -0.39 is 5.92 Å². The van der Waals surface area contributed by atoms with E-state index in [1.807, 2.05) is 30.3 Å². The lowest BCUT2D eigenvalue weighted by Crippen LogP contribution is -2.39. The van der Waals surface area contributed by atoms with Crippen LogP contribution in [0.25, 0.3) is 0 Å². The first-order valence-electron chi connectivity index (χ1n) is 9.05. The third-order valence-corrected chi connectivity index (χ3v) is 4.89. The highest BCUT2D eigenvalue weighted by Gasteiger charge is 2.39. The van der Waals surface area contributed by atoms with Crippen molar-refractivity contribution in [2.24, 2.45) is 5.92 Å². The summed E-state index contributed by atoms with van der Waals surface area (Å²) in [6, 6.07) is 14.5. The van der Waals surface area contributed by atoms with Crippen molar-refractivity contribution in [1.29, 1.82) is 0 Å². The summed E-state index contributed by atoms with van der Waals surface area (Å²) in [5.74, 6) is 0.845. The van der Waals surface area contributed by atoms with Crippen LogP contribution in [0.3, 0.4) is 0 Å². The van der Waals surface area contributed by atoms with Crippen molar-refractivity contribution in [3.8, 4) is 11.5 Å². The molecule has 3 aromatic rings. The van der Waals surface area contributed by atoms with Crippen molar-refractivity contribution in [3.63, 3.8) is 0 Å². The largest absolute Gasteiger partial charge is 0.497 e. The summed E-state index contributed by atoms with van der Waals surface area (Å²) >= 11 is 0. The summed E-state index contributed by atoms with van der Waals surface area (Å²) in [5, 5.41) is 10.4. The number of anilines is 2. The van der Waals surface area contributed by atoms with Gasteiger partial charge in [0.1, 0.15) is 23.7 Å². The topological polar surface area (TPSA) is 90.3 Å². The summed E-state index contributed by atoms with van der Waals surface area (Å²) in [7, 11) is 3.12. The number of ether oxygens (including phenoxy) is 2. The van der Waals surface area contributed by atoms with Crippen LogP contribution in [0.15, 0.2) is 67.1 Å². The van der Waals surface area contributed by atoms with E-state index in [-0.39, 0.29) is 11.9 Å². The molecule has 2 aromatic carbocycles. The molecule has 1 amide bonds. The number of rotatable bonds is 5. The molecule has 0 bridgehead atoms. The molecule has 2 atom stereocenters. The summed E-state index contributed by atoms with van der Waals surface area (Å²) in [6.45, 7) is 4.08. The lowest BCUT2D eigenvalue weighted by atomic mass is 9.88. The van der Waals surface area contributed by atoms with E-state index in [2.05, 4.69) is 27.3 Å². The van der Waals surface area contributed by atoms with Crippen molar-refractivity contribution in [3.05, 3.63) is 72.7 Å². The number of carbonyl (C=O) groups excluding carboxylic acids is 1. The van der Waals surface area contributed by atoms with Gasteiger partial charge in [0, 0.05) is 11.8 Å². The summed E-state index contributed by atoms with van der Waals surface area (Å²) < 4.78 is 12.3. The maximum absolute atomic E-state index is 13.4. The number of hydrogen-bond acceptors (Lipinski definition) is 6. The van der Waals surface area contributed by atoms with Crippen molar-refractivity contribution in [2.45, 2.75) is 6.04 Å². The van der Waals surface area contributed by atoms with Gasteiger partial charge in [-0.05, 0) is 17.7 Å². The molecule has 4 rings (SSSR count). The van der Waals surface area contributed by atoms with E-state index in [4.69, 9.17) is 9.47 Å². The van der Waals surface area contributed by atoms with Crippen LogP contribution in [-0.4, -0.2) is 34.9 Å². The van der Waals surface area contributed by atoms with Crippen molar-refractivity contribution in [2.75, 3.05) is 24.9 Å². The second kappa shape index (κ2) is 7.67. The highest BCUT2D eigenvalue weighted by molar-refractivity contribution is 5.97. The fourth-order valence-electron chi connectivity index (χ4n) is 3.49. The van der Waals surface area contributed by atoms with Gasteiger partial charge in [-0.1, -0.05) is 36.9 Å². The lowest BCUT2D eigenvalue weighted by Gasteiger charge is -2.33. The van der Waals surface area contributed by atoms with Crippen LogP contribution in [0.2, 0.25) is 0 Å². The van der Waals surface area contributed by atoms with E-state index >= 15 is 0 Å². The maximum atomic E-state index is 13.4. The van der Waals surface area contributed by atoms with Crippen LogP contribution < -0.4 is 20.1 Å². The van der Waals surface area contributed by atoms with Crippen LogP contribution in [0.5, 0.6) is 11.5 Å². The Kier molecular flexibility index (Phi) is 4.90. The standard InChI is InChI=1S/C21H21N5O3/c1-13-18(20(27)25-16-10-9-15(28-2)11-17(16)29-3)19(14-7-5-4-6-8-14)26-21(24-13)22-12-23-26/h4-12,18-19H,1H2,2-3H3,(H,25,27)(H,22,23,24)/t18-,19+/m0/s1. The number of benzene rings is 2. The Bertz CT molecular complexity index is 1050. The molecule has 8 nitrogen and oxygen atoms in total. The smallest absolute Gasteiger partial charge is 0.236 e. The monoisotopic (exact) mass is 391 g/mol. The Morgan fingerprint density at radius 3 is 2.69 bits per heavy atom. The second-order valence-electron chi connectivity index (χ2n) is 6.57. The molecule has 0 aliphatic carbocycles. The molecular weight excluding hydrogens is 370 g/mol. The molecule has 0 unspecified atom stereocenters. The number of nitrogens with zero attached hydrogens (tertiary/aromatic N) is 3. The fourth-order valence-corrected chi connectivity index (χ4v) is 3.49. The van der Waals surface area contributed by atoms with Gasteiger partial charge in [0.2, 0.25) is 11.9 Å². The summed E-state index contributed by atoms with van der Waals surface area (Å²) in [4.78, 5) is 17.6. The van der Waals surface area contributed by atoms with E-state index in [1.165, 1.54) is 6.33 Å². The molecule has 0 fully saturated rings. The summed E-state index contributed by atoms with van der Waals surface area (Å²) in [5.41, 5.74) is 2.02. The molecule has 0 radical (unpaired) electrons. The molecule has 0 spiro atoms. The quantitative estimate of drug-likeness (QED) is 0.695. The van der Waals surface area contributed by atoms with Gasteiger partial charge in [0.15, 0.2) is 0 Å². The minimum atomic E-state index is -0.613. The molecular formula is C21H21N5O3. The maximum Gasteiger partial charge on any atom is 0.236 e. The average Bonchev–Trinajstić information content (AvgIpc) is 3.21. The highest BCUT2D eigenvalue weighted by Crippen LogP contribution is 2.38. The van der Waals surface area contributed by atoms with Crippen LogP contribution in [0.1, 0.15) is 11.6 Å². The molecule has 2 heterocycles. The fraction of sp³-hybridized carbons (Fsp3) is 0.190. The number of nitrogens with one attached hydrogen (secondary N) is 2. The number of hydrogen-bond donors (Lipinski definition) is 2. The first-order valence-corrected chi connectivity index (χ1v) is 9.05. The molecule has 148 valence electrons. The van der Waals surface area contributed by atoms with Crippen LogP contribution >= 0.6 is 0 Å². The normalized spacial score (nSPS) is 17.8. The molecule has 1 aromatic heterocycles. The zero-order chi connectivity index (χ0) is 20.4. The average molecular weight is 391 g/mol.